The third-order valence-corrected chi connectivity index (χ3v) is 3.75. The summed E-state index contributed by atoms with van der Waals surface area (Å²) in [4.78, 5) is 0. The standard InChI is InChI=1S/C14H20ClNO2/c1-2-14-10(5-6-18-14)8-16-9-11-7-12(15)3-4-13(11)17/h3-4,7,10,14,16-17H,2,5-6,8-9H2,1H3. The van der Waals surface area contributed by atoms with E-state index in [9.17, 15) is 5.11 Å². The highest BCUT2D eigenvalue weighted by atomic mass is 35.5. The highest BCUT2D eigenvalue weighted by molar-refractivity contribution is 6.30. The zero-order chi connectivity index (χ0) is 13.0. The molecule has 1 aliphatic heterocycles. The number of halogens is 1. The van der Waals surface area contributed by atoms with E-state index in [4.69, 9.17) is 16.3 Å². The minimum Gasteiger partial charge on any atom is -0.508 e. The normalized spacial score (nSPS) is 23.4. The molecule has 100 valence electrons. The fraction of sp³-hybridized carbons (Fsp3) is 0.571. The van der Waals surface area contributed by atoms with E-state index in [0.29, 0.717) is 29.3 Å². The minimum absolute atomic E-state index is 0.293. The summed E-state index contributed by atoms with van der Waals surface area (Å²) >= 11 is 5.91. The lowest BCUT2D eigenvalue weighted by molar-refractivity contribution is 0.0872. The Morgan fingerprint density at radius 2 is 2.33 bits per heavy atom. The van der Waals surface area contributed by atoms with Gasteiger partial charge in [-0.1, -0.05) is 18.5 Å². The Morgan fingerprint density at radius 1 is 1.50 bits per heavy atom. The Kier molecular flexibility index (Phi) is 4.87. The second-order valence-corrected chi connectivity index (χ2v) is 5.21. The molecule has 0 saturated carbocycles. The number of phenolic OH excluding ortho intramolecular Hbond substituents is 1. The molecule has 0 spiro atoms. The van der Waals surface area contributed by atoms with Crippen molar-refractivity contribution in [2.75, 3.05) is 13.2 Å². The summed E-state index contributed by atoms with van der Waals surface area (Å²) in [7, 11) is 0. The van der Waals surface area contributed by atoms with Gasteiger partial charge in [0.15, 0.2) is 0 Å². The maximum Gasteiger partial charge on any atom is 0.120 e. The first kappa shape index (κ1) is 13.7. The molecule has 1 saturated heterocycles. The Morgan fingerprint density at radius 3 is 3.11 bits per heavy atom. The first-order valence-electron chi connectivity index (χ1n) is 6.50. The van der Waals surface area contributed by atoms with Gasteiger partial charge in [-0.25, -0.2) is 0 Å². The summed E-state index contributed by atoms with van der Waals surface area (Å²) in [5.41, 5.74) is 0.842. The molecule has 0 aromatic heterocycles. The van der Waals surface area contributed by atoms with Crippen LogP contribution in [0.1, 0.15) is 25.3 Å². The minimum atomic E-state index is 0.293. The second-order valence-electron chi connectivity index (χ2n) is 4.77. The molecule has 1 aliphatic rings. The summed E-state index contributed by atoms with van der Waals surface area (Å²) in [6, 6.07) is 5.12. The maximum absolute atomic E-state index is 9.70. The van der Waals surface area contributed by atoms with E-state index in [1.807, 2.05) is 0 Å². The van der Waals surface area contributed by atoms with Crippen molar-refractivity contribution in [2.45, 2.75) is 32.4 Å². The van der Waals surface area contributed by atoms with Crippen molar-refractivity contribution in [1.29, 1.82) is 0 Å². The van der Waals surface area contributed by atoms with Crippen LogP contribution in [0.2, 0.25) is 5.02 Å². The van der Waals surface area contributed by atoms with E-state index >= 15 is 0 Å². The predicted octanol–water partition coefficient (Wildman–Crippen LogP) is 2.95. The Labute approximate surface area is 113 Å². The molecule has 0 bridgehead atoms. The molecule has 1 aromatic rings. The lowest BCUT2D eigenvalue weighted by Gasteiger charge is -2.17. The molecule has 0 aliphatic carbocycles. The molecule has 1 aromatic carbocycles. The van der Waals surface area contributed by atoms with Gasteiger partial charge < -0.3 is 15.2 Å². The number of phenols is 1. The molecule has 18 heavy (non-hydrogen) atoms. The summed E-state index contributed by atoms with van der Waals surface area (Å²) in [5.74, 6) is 0.873. The molecule has 0 amide bonds. The third-order valence-electron chi connectivity index (χ3n) is 3.51. The smallest absolute Gasteiger partial charge is 0.120 e. The van der Waals surface area contributed by atoms with Crippen LogP contribution in [0.3, 0.4) is 0 Å². The van der Waals surface area contributed by atoms with Crippen LogP contribution >= 0.6 is 11.6 Å². The van der Waals surface area contributed by atoms with Crippen molar-refractivity contribution in [1.82, 2.24) is 5.32 Å². The number of ether oxygens (including phenoxy) is 1. The van der Waals surface area contributed by atoms with Crippen molar-refractivity contribution < 1.29 is 9.84 Å². The SMILES string of the molecule is CCC1OCCC1CNCc1cc(Cl)ccc1O. The molecule has 3 nitrogen and oxygen atoms in total. The van der Waals surface area contributed by atoms with Gasteiger partial charge in [-0.3, -0.25) is 0 Å². The molecule has 1 heterocycles. The van der Waals surface area contributed by atoms with Crippen molar-refractivity contribution in [3.63, 3.8) is 0 Å². The van der Waals surface area contributed by atoms with Gasteiger partial charge in [-0.2, -0.15) is 0 Å². The fourth-order valence-electron chi connectivity index (χ4n) is 2.47. The average Bonchev–Trinajstić information content (AvgIpc) is 2.81. The van der Waals surface area contributed by atoms with Crippen LogP contribution in [0.5, 0.6) is 5.75 Å². The van der Waals surface area contributed by atoms with Gasteiger partial charge in [-0.05, 0) is 37.0 Å². The first-order chi connectivity index (χ1) is 8.70. The molecule has 2 N–H and O–H groups in total. The maximum atomic E-state index is 9.70. The van der Waals surface area contributed by atoms with Gasteiger partial charge in [0, 0.05) is 30.3 Å². The van der Waals surface area contributed by atoms with Crippen LogP contribution in [0.25, 0.3) is 0 Å². The van der Waals surface area contributed by atoms with Crippen LogP contribution in [0, 0.1) is 5.92 Å². The molecule has 4 heteroatoms. The van der Waals surface area contributed by atoms with Gasteiger partial charge in [0.1, 0.15) is 5.75 Å². The molecular weight excluding hydrogens is 250 g/mol. The highest BCUT2D eigenvalue weighted by Gasteiger charge is 2.25. The number of rotatable bonds is 5. The van der Waals surface area contributed by atoms with Gasteiger partial charge in [0.25, 0.3) is 0 Å². The molecule has 2 rings (SSSR count). The lowest BCUT2D eigenvalue weighted by atomic mass is 9.99. The quantitative estimate of drug-likeness (QED) is 0.864. The van der Waals surface area contributed by atoms with Gasteiger partial charge in [0.2, 0.25) is 0 Å². The van der Waals surface area contributed by atoms with Crippen molar-refractivity contribution in [2.24, 2.45) is 5.92 Å². The van der Waals surface area contributed by atoms with E-state index in [0.717, 1.165) is 31.6 Å². The zero-order valence-corrected chi connectivity index (χ0v) is 11.4. The summed E-state index contributed by atoms with van der Waals surface area (Å²) in [6.45, 7) is 4.59. The predicted molar refractivity (Wildman–Crippen MR) is 73.0 cm³/mol. The van der Waals surface area contributed by atoms with E-state index in [1.165, 1.54) is 0 Å². The van der Waals surface area contributed by atoms with Crippen LogP contribution in [0.4, 0.5) is 0 Å². The van der Waals surface area contributed by atoms with E-state index < -0.39 is 0 Å². The second kappa shape index (κ2) is 6.41. The van der Waals surface area contributed by atoms with E-state index in [2.05, 4.69) is 12.2 Å². The topological polar surface area (TPSA) is 41.5 Å². The largest absolute Gasteiger partial charge is 0.508 e. The Balaban J connectivity index is 1.83. The van der Waals surface area contributed by atoms with Gasteiger partial charge >= 0.3 is 0 Å². The highest BCUT2D eigenvalue weighted by Crippen LogP contribution is 2.24. The molecule has 1 fully saturated rings. The van der Waals surface area contributed by atoms with E-state index in [-0.39, 0.29) is 0 Å². The lowest BCUT2D eigenvalue weighted by Crippen LogP contribution is -2.27. The monoisotopic (exact) mass is 269 g/mol. The van der Waals surface area contributed by atoms with E-state index in [1.54, 1.807) is 18.2 Å². The summed E-state index contributed by atoms with van der Waals surface area (Å²) in [6.07, 6.45) is 2.56. The molecular formula is C14H20ClNO2. The number of benzene rings is 1. The third kappa shape index (κ3) is 3.37. The van der Waals surface area contributed by atoms with Crippen LogP contribution in [-0.2, 0) is 11.3 Å². The van der Waals surface area contributed by atoms with Crippen LogP contribution in [-0.4, -0.2) is 24.4 Å². The Hall–Kier alpha value is -0.770. The number of nitrogens with one attached hydrogen (secondary N) is 1. The van der Waals surface area contributed by atoms with Crippen molar-refractivity contribution in [3.05, 3.63) is 28.8 Å². The van der Waals surface area contributed by atoms with Gasteiger partial charge in [0.05, 0.1) is 6.10 Å². The molecule has 2 unspecified atom stereocenters. The van der Waals surface area contributed by atoms with Crippen molar-refractivity contribution in [3.8, 4) is 5.75 Å². The van der Waals surface area contributed by atoms with Gasteiger partial charge in [-0.15, -0.1) is 0 Å². The van der Waals surface area contributed by atoms with Crippen molar-refractivity contribution >= 4 is 11.6 Å². The number of aromatic hydroxyl groups is 1. The first-order valence-corrected chi connectivity index (χ1v) is 6.88. The fourth-order valence-corrected chi connectivity index (χ4v) is 2.66. The molecule has 0 radical (unpaired) electrons. The number of hydrogen-bond acceptors (Lipinski definition) is 3. The Bertz CT molecular complexity index is 397. The molecule has 2 atom stereocenters. The zero-order valence-electron chi connectivity index (χ0n) is 10.7. The average molecular weight is 270 g/mol. The summed E-state index contributed by atoms with van der Waals surface area (Å²) in [5, 5.41) is 13.7. The number of hydrogen-bond donors (Lipinski definition) is 2. The van der Waals surface area contributed by atoms with Crippen LogP contribution < -0.4 is 5.32 Å². The summed E-state index contributed by atoms with van der Waals surface area (Å²) < 4.78 is 5.65. The van der Waals surface area contributed by atoms with Crippen LogP contribution in [0.15, 0.2) is 18.2 Å².